The smallest absolute Gasteiger partial charge is 0.165 e. The summed E-state index contributed by atoms with van der Waals surface area (Å²) in [7, 11) is 0. The number of hydrogen-bond donors (Lipinski definition) is 1. The number of ether oxygens (including phenoxy) is 1. The number of rotatable bonds is 6. The van der Waals surface area contributed by atoms with Crippen molar-refractivity contribution >= 4 is 0 Å². The maximum atomic E-state index is 13.7. The topological polar surface area (TPSA) is 59.0 Å². The van der Waals surface area contributed by atoms with Gasteiger partial charge in [-0.15, -0.1) is 0 Å². The van der Waals surface area contributed by atoms with Crippen molar-refractivity contribution in [2.75, 3.05) is 6.61 Å². The molecule has 0 aliphatic heterocycles. The van der Waals surface area contributed by atoms with Gasteiger partial charge in [-0.25, -0.2) is 4.39 Å². The van der Waals surface area contributed by atoms with Crippen LogP contribution in [0.15, 0.2) is 18.2 Å². The third-order valence-electron chi connectivity index (χ3n) is 2.99. The molecule has 1 aromatic rings. The van der Waals surface area contributed by atoms with Crippen molar-refractivity contribution < 1.29 is 9.13 Å². The van der Waals surface area contributed by atoms with Gasteiger partial charge in [-0.2, -0.15) is 5.26 Å². The number of benzene rings is 1. The Bertz CT molecular complexity index is 464. The van der Waals surface area contributed by atoms with Crippen LogP contribution in [-0.2, 0) is 0 Å². The van der Waals surface area contributed by atoms with Crippen molar-refractivity contribution in [1.82, 2.24) is 0 Å². The molecule has 2 N–H and O–H groups in total. The molecule has 0 heterocycles. The summed E-state index contributed by atoms with van der Waals surface area (Å²) in [5.74, 6) is -0.159. The first kappa shape index (κ1) is 15.5. The average Bonchev–Trinajstić information content (AvgIpc) is 2.36. The van der Waals surface area contributed by atoms with Crippen molar-refractivity contribution in [3.63, 3.8) is 0 Å². The standard InChI is InChI=1S/C15H21FN2O/c1-11(18)12-5-6-14(13(16)9-12)19-8-4-7-15(2,3)10-17/h5-6,9,11H,4,7-8,18H2,1-3H3. The van der Waals surface area contributed by atoms with Gasteiger partial charge in [0.05, 0.1) is 18.1 Å². The van der Waals surface area contributed by atoms with Crippen LogP contribution in [0, 0.1) is 22.6 Å². The summed E-state index contributed by atoms with van der Waals surface area (Å²) in [6.07, 6.45) is 1.44. The van der Waals surface area contributed by atoms with E-state index in [9.17, 15) is 4.39 Å². The molecule has 0 aliphatic rings. The van der Waals surface area contributed by atoms with Crippen LogP contribution in [0.3, 0.4) is 0 Å². The van der Waals surface area contributed by atoms with Gasteiger partial charge in [0, 0.05) is 6.04 Å². The van der Waals surface area contributed by atoms with Crippen LogP contribution < -0.4 is 10.5 Å². The minimum absolute atomic E-state index is 0.194. The van der Waals surface area contributed by atoms with E-state index in [4.69, 9.17) is 15.7 Å². The van der Waals surface area contributed by atoms with Crippen LogP contribution in [0.5, 0.6) is 5.75 Å². The SMILES string of the molecule is CC(N)c1ccc(OCCCC(C)(C)C#N)c(F)c1. The fourth-order valence-electron chi connectivity index (χ4n) is 1.67. The lowest BCUT2D eigenvalue weighted by atomic mass is 9.90. The minimum atomic E-state index is -0.394. The number of nitrogens with two attached hydrogens (primary N) is 1. The van der Waals surface area contributed by atoms with E-state index in [0.29, 0.717) is 6.61 Å². The third-order valence-corrected chi connectivity index (χ3v) is 2.99. The van der Waals surface area contributed by atoms with Gasteiger partial charge in [0.15, 0.2) is 11.6 Å². The van der Waals surface area contributed by atoms with Gasteiger partial charge in [-0.3, -0.25) is 0 Å². The first-order chi connectivity index (χ1) is 8.85. The third kappa shape index (κ3) is 4.88. The van der Waals surface area contributed by atoms with Gasteiger partial charge in [0.1, 0.15) is 0 Å². The summed E-state index contributed by atoms with van der Waals surface area (Å²) < 4.78 is 19.1. The van der Waals surface area contributed by atoms with Crippen molar-refractivity contribution in [3.05, 3.63) is 29.6 Å². The number of halogens is 1. The summed E-state index contributed by atoms with van der Waals surface area (Å²) in [4.78, 5) is 0. The zero-order valence-electron chi connectivity index (χ0n) is 11.7. The zero-order chi connectivity index (χ0) is 14.5. The fraction of sp³-hybridized carbons (Fsp3) is 0.533. The predicted octanol–water partition coefficient (Wildman–Crippen LogP) is 3.55. The Labute approximate surface area is 114 Å². The Morgan fingerprint density at radius 2 is 2.16 bits per heavy atom. The maximum Gasteiger partial charge on any atom is 0.165 e. The van der Waals surface area contributed by atoms with Crippen molar-refractivity contribution in [3.8, 4) is 11.8 Å². The van der Waals surface area contributed by atoms with E-state index in [1.54, 1.807) is 19.1 Å². The molecule has 4 heteroatoms. The molecule has 1 unspecified atom stereocenters. The fourth-order valence-corrected chi connectivity index (χ4v) is 1.67. The van der Waals surface area contributed by atoms with Crippen molar-refractivity contribution in [1.29, 1.82) is 5.26 Å². The van der Waals surface area contributed by atoms with Crippen LogP contribution in [0.25, 0.3) is 0 Å². The molecule has 1 rings (SSSR count). The highest BCUT2D eigenvalue weighted by atomic mass is 19.1. The lowest BCUT2D eigenvalue weighted by Crippen LogP contribution is -2.10. The molecule has 104 valence electrons. The summed E-state index contributed by atoms with van der Waals surface area (Å²) >= 11 is 0. The molecular formula is C15H21FN2O. The molecule has 0 aromatic heterocycles. The van der Waals surface area contributed by atoms with Crippen molar-refractivity contribution in [2.24, 2.45) is 11.1 Å². The summed E-state index contributed by atoms with van der Waals surface area (Å²) in [5.41, 5.74) is 6.06. The first-order valence-electron chi connectivity index (χ1n) is 6.45. The quantitative estimate of drug-likeness (QED) is 0.799. The summed E-state index contributed by atoms with van der Waals surface area (Å²) in [6.45, 7) is 5.97. The van der Waals surface area contributed by atoms with Crippen molar-refractivity contribution in [2.45, 2.75) is 39.7 Å². The van der Waals surface area contributed by atoms with Gasteiger partial charge >= 0.3 is 0 Å². The van der Waals surface area contributed by atoms with E-state index in [-0.39, 0.29) is 17.2 Å². The monoisotopic (exact) mass is 264 g/mol. The average molecular weight is 264 g/mol. The Hall–Kier alpha value is -1.60. The maximum absolute atomic E-state index is 13.7. The highest BCUT2D eigenvalue weighted by Crippen LogP contribution is 2.23. The first-order valence-corrected chi connectivity index (χ1v) is 6.45. The zero-order valence-corrected chi connectivity index (χ0v) is 11.7. The normalized spacial score (nSPS) is 12.8. The molecule has 0 saturated carbocycles. The number of hydrogen-bond acceptors (Lipinski definition) is 3. The van der Waals surface area contributed by atoms with E-state index in [1.165, 1.54) is 6.07 Å². The van der Waals surface area contributed by atoms with E-state index < -0.39 is 5.82 Å². The molecule has 0 bridgehead atoms. The molecule has 0 radical (unpaired) electrons. The van der Waals surface area contributed by atoms with E-state index >= 15 is 0 Å². The second-order valence-electron chi connectivity index (χ2n) is 5.43. The largest absolute Gasteiger partial charge is 0.491 e. The molecule has 1 aromatic carbocycles. The molecular weight excluding hydrogens is 243 g/mol. The van der Waals surface area contributed by atoms with Crippen LogP contribution in [-0.4, -0.2) is 6.61 Å². The van der Waals surface area contributed by atoms with Crippen LogP contribution in [0.2, 0.25) is 0 Å². The van der Waals surface area contributed by atoms with Gasteiger partial charge in [-0.05, 0) is 51.3 Å². The van der Waals surface area contributed by atoms with Gasteiger partial charge < -0.3 is 10.5 Å². The molecule has 0 saturated heterocycles. The molecule has 19 heavy (non-hydrogen) atoms. The van der Waals surface area contributed by atoms with E-state index in [1.807, 2.05) is 13.8 Å². The Morgan fingerprint density at radius 3 is 2.68 bits per heavy atom. The van der Waals surface area contributed by atoms with E-state index in [0.717, 1.165) is 18.4 Å². The highest BCUT2D eigenvalue weighted by Gasteiger charge is 2.16. The second kappa shape index (κ2) is 6.53. The van der Waals surface area contributed by atoms with Crippen LogP contribution in [0.4, 0.5) is 4.39 Å². The van der Waals surface area contributed by atoms with E-state index in [2.05, 4.69) is 6.07 Å². The molecule has 3 nitrogen and oxygen atoms in total. The van der Waals surface area contributed by atoms with Gasteiger partial charge in [0.2, 0.25) is 0 Å². The highest BCUT2D eigenvalue weighted by molar-refractivity contribution is 5.30. The number of nitriles is 1. The molecule has 0 fully saturated rings. The minimum Gasteiger partial charge on any atom is -0.491 e. The molecule has 0 amide bonds. The lowest BCUT2D eigenvalue weighted by Gasteiger charge is -2.15. The number of nitrogens with zero attached hydrogens (tertiary/aromatic N) is 1. The van der Waals surface area contributed by atoms with Crippen LogP contribution >= 0.6 is 0 Å². The molecule has 0 aliphatic carbocycles. The Kier molecular flexibility index (Phi) is 5.31. The second-order valence-corrected chi connectivity index (χ2v) is 5.43. The van der Waals surface area contributed by atoms with Gasteiger partial charge in [-0.1, -0.05) is 6.07 Å². The summed E-state index contributed by atoms with van der Waals surface area (Å²) in [5, 5.41) is 8.87. The molecule has 0 spiro atoms. The Balaban J connectivity index is 2.49. The van der Waals surface area contributed by atoms with Crippen LogP contribution in [0.1, 0.15) is 45.2 Å². The Morgan fingerprint density at radius 1 is 1.47 bits per heavy atom. The molecule has 1 atom stereocenters. The predicted molar refractivity (Wildman–Crippen MR) is 73.1 cm³/mol. The summed E-state index contributed by atoms with van der Waals surface area (Å²) in [6, 6.07) is 6.80. The van der Waals surface area contributed by atoms with Gasteiger partial charge in [0.25, 0.3) is 0 Å². The lowest BCUT2D eigenvalue weighted by molar-refractivity contribution is 0.273.